The van der Waals surface area contributed by atoms with Crippen molar-refractivity contribution in [3.05, 3.63) is 47.3 Å². The van der Waals surface area contributed by atoms with Crippen molar-refractivity contribution < 1.29 is 4.74 Å². The van der Waals surface area contributed by atoms with E-state index in [1.807, 2.05) is 30.1 Å². The van der Waals surface area contributed by atoms with Crippen molar-refractivity contribution in [2.75, 3.05) is 13.7 Å². The molecule has 0 aliphatic carbocycles. The van der Waals surface area contributed by atoms with Crippen molar-refractivity contribution in [3.63, 3.8) is 0 Å². The van der Waals surface area contributed by atoms with E-state index >= 15 is 0 Å². The second kappa shape index (κ2) is 5.89. The second-order valence-corrected chi connectivity index (χ2v) is 4.57. The van der Waals surface area contributed by atoms with Gasteiger partial charge in [0, 0.05) is 18.3 Å². The molecular formula is C15H21N3O. The molecular weight excluding hydrogens is 238 g/mol. The minimum atomic E-state index is 0.171. The summed E-state index contributed by atoms with van der Waals surface area (Å²) < 4.78 is 7.11. The predicted octanol–water partition coefficient (Wildman–Crippen LogP) is 2.44. The Morgan fingerprint density at radius 2 is 2.00 bits per heavy atom. The van der Waals surface area contributed by atoms with Crippen LogP contribution in [-0.2, 0) is 7.05 Å². The number of aromatic nitrogens is 2. The third-order valence-electron chi connectivity index (χ3n) is 3.44. The fourth-order valence-electron chi connectivity index (χ4n) is 2.21. The van der Waals surface area contributed by atoms with Crippen molar-refractivity contribution in [1.29, 1.82) is 0 Å². The van der Waals surface area contributed by atoms with Crippen LogP contribution >= 0.6 is 0 Å². The average molecular weight is 259 g/mol. The van der Waals surface area contributed by atoms with Gasteiger partial charge < -0.3 is 10.1 Å². The van der Waals surface area contributed by atoms with Gasteiger partial charge in [-0.3, -0.25) is 4.68 Å². The van der Waals surface area contributed by atoms with Crippen molar-refractivity contribution in [2.45, 2.75) is 19.9 Å². The van der Waals surface area contributed by atoms with E-state index < -0.39 is 0 Å². The summed E-state index contributed by atoms with van der Waals surface area (Å²) in [6.45, 7) is 5.11. The Balaban J connectivity index is 2.36. The molecule has 2 rings (SSSR count). The standard InChI is InChI=1S/C15H21N3O/c1-5-16-15(14-10-17-18(3)11(14)2)12-6-8-13(19-4)9-7-12/h6-10,15-16H,5H2,1-4H3. The maximum absolute atomic E-state index is 5.21. The molecule has 1 unspecified atom stereocenters. The highest BCUT2D eigenvalue weighted by atomic mass is 16.5. The van der Waals surface area contributed by atoms with Gasteiger partial charge in [-0.05, 0) is 31.2 Å². The van der Waals surface area contributed by atoms with E-state index in [0.29, 0.717) is 0 Å². The summed E-state index contributed by atoms with van der Waals surface area (Å²) in [7, 11) is 3.65. The fraction of sp³-hybridized carbons (Fsp3) is 0.400. The number of aryl methyl sites for hydroxylation is 1. The molecule has 0 radical (unpaired) electrons. The molecule has 1 N–H and O–H groups in total. The van der Waals surface area contributed by atoms with Gasteiger partial charge in [-0.2, -0.15) is 5.10 Å². The first kappa shape index (κ1) is 13.6. The van der Waals surface area contributed by atoms with E-state index in [2.05, 4.69) is 36.4 Å². The first-order chi connectivity index (χ1) is 9.17. The summed E-state index contributed by atoms with van der Waals surface area (Å²) in [6.07, 6.45) is 1.94. The molecule has 4 heteroatoms. The molecule has 0 spiro atoms. The summed E-state index contributed by atoms with van der Waals surface area (Å²) >= 11 is 0. The molecule has 0 aliphatic heterocycles. The Bertz CT molecular complexity index is 531. The van der Waals surface area contributed by atoms with Gasteiger partial charge in [0.05, 0.1) is 19.3 Å². The first-order valence-electron chi connectivity index (χ1n) is 6.53. The number of benzene rings is 1. The molecule has 2 aromatic rings. The number of hydrogen-bond acceptors (Lipinski definition) is 3. The molecule has 0 amide bonds. The number of nitrogens with one attached hydrogen (secondary N) is 1. The Morgan fingerprint density at radius 3 is 2.47 bits per heavy atom. The maximum atomic E-state index is 5.21. The van der Waals surface area contributed by atoms with Gasteiger partial charge in [-0.25, -0.2) is 0 Å². The Labute approximate surface area is 114 Å². The minimum Gasteiger partial charge on any atom is -0.497 e. The zero-order valence-corrected chi connectivity index (χ0v) is 12.0. The fourth-order valence-corrected chi connectivity index (χ4v) is 2.21. The van der Waals surface area contributed by atoms with Gasteiger partial charge in [0.25, 0.3) is 0 Å². The largest absolute Gasteiger partial charge is 0.497 e. The number of ether oxygens (including phenoxy) is 1. The summed E-state index contributed by atoms with van der Waals surface area (Å²) in [5.74, 6) is 0.877. The Kier molecular flexibility index (Phi) is 4.22. The molecule has 0 saturated carbocycles. The number of nitrogens with zero attached hydrogens (tertiary/aromatic N) is 2. The van der Waals surface area contributed by atoms with Crippen molar-refractivity contribution in [2.24, 2.45) is 7.05 Å². The molecule has 1 aromatic heterocycles. The summed E-state index contributed by atoms with van der Waals surface area (Å²) in [5.41, 5.74) is 3.62. The quantitative estimate of drug-likeness (QED) is 0.896. The molecule has 0 saturated heterocycles. The van der Waals surface area contributed by atoms with Crippen LogP contribution in [0.15, 0.2) is 30.5 Å². The number of rotatable bonds is 5. The van der Waals surface area contributed by atoms with Gasteiger partial charge in [0.2, 0.25) is 0 Å². The van der Waals surface area contributed by atoms with E-state index in [1.165, 1.54) is 16.8 Å². The monoisotopic (exact) mass is 259 g/mol. The lowest BCUT2D eigenvalue weighted by atomic mass is 9.99. The van der Waals surface area contributed by atoms with Crippen LogP contribution in [-0.4, -0.2) is 23.4 Å². The highest BCUT2D eigenvalue weighted by Gasteiger charge is 2.17. The number of hydrogen-bond donors (Lipinski definition) is 1. The summed E-state index contributed by atoms with van der Waals surface area (Å²) in [4.78, 5) is 0. The van der Waals surface area contributed by atoms with Crippen LogP contribution in [0.5, 0.6) is 5.75 Å². The molecule has 0 bridgehead atoms. The van der Waals surface area contributed by atoms with E-state index in [0.717, 1.165) is 12.3 Å². The molecule has 1 heterocycles. The molecule has 0 aliphatic rings. The minimum absolute atomic E-state index is 0.171. The molecule has 1 aromatic carbocycles. The van der Waals surface area contributed by atoms with Gasteiger partial charge in [0.15, 0.2) is 0 Å². The summed E-state index contributed by atoms with van der Waals surface area (Å²) in [5, 5.41) is 7.84. The first-order valence-corrected chi connectivity index (χ1v) is 6.53. The Hall–Kier alpha value is -1.81. The van der Waals surface area contributed by atoms with E-state index in [9.17, 15) is 0 Å². The smallest absolute Gasteiger partial charge is 0.118 e. The average Bonchev–Trinajstić information content (AvgIpc) is 2.77. The number of methoxy groups -OCH3 is 1. The van der Waals surface area contributed by atoms with Crippen molar-refractivity contribution >= 4 is 0 Å². The van der Waals surface area contributed by atoms with Crippen LogP contribution in [0.3, 0.4) is 0 Å². The van der Waals surface area contributed by atoms with E-state index in [-0.39, 0.29) is 6.04 Å². The predicted molar refractivity (Wildman–Crippen MR) is 76.5 cm³/mol. The SMILES string of the molecule is CCNC(c1ccc(OC)cc1)c1cnn(C)c1C. The van der Waals surface area contributed by atoms with Crippen LogP contribution in [0.1, 0.15) is 29.8 Å². The molecule has 1 atom stereocenters. The van der Waals surface area contributed by atoms with E-state index in [1.54, 1.807) is 7.11 Å². The van der Waals surface area contributed by atoms with Crippen LogP contribution < -0.4 is 10.1 Å². The maximum Gasteiger partial charge on any atom is 0.118 e. The normalized spacial score (nSPS) is 12.4. The van der Waals surface area contributed by atoms with Crippen molar-refractivity contribution in [1.82, 2.24) is 15.1 Å². The highest BCUT2D eigenvalue weighted by molar-refractivity contribution is 5.36. The topological polar surface area (TPSA) is 39.1 Å². The zero-order valence-electron chi connectivity index (χ0n) is 12.0. The lowest BCUT2D eigenvalue weighted by molar-refractivity contribution is 0.414. The molecule has 0 fully saturated rings. The third-order valence-corrected chi connectivity index (χ3v) is 3.44. The second-order valence-electron chi connectivity index (χ2n) is 4.57. The van der Waals surface area contributed by atoms with Gasteiger partial charge in [-0.1, -0.05) is 19.1 Å². The van der Waals surface area contributed by atoms with Crippen molar-refractivity contribution in [3.8, 4) is 5.75 Å². The van der Waals surface area contributed by atoms with Crippen LogP contribution in [0.25, 0.3) is 0 Å². The molecule has 4 nitrogen and oxygen atoms in total. The summed E-state index contributed by atoms with van der Waals surface area (Å²) in [6, 6.07) is 8.35. The van der Waals surface area contributed by atoms with Crippen LogP contribution in [0.4, 0.5) is 0 Å². The lowest BCUT2D eigenvalue weighted by Crippen LogP contribution is -2.22. The van der Waals surface area contributed by atoms with Gasteiger partial charge in [0.1, 0.15) is 5.75 Å². The highest BCUT2D eigenvalue weighted by Crippen LogP contribution is 2.26. The zero-order chi connectivity index (χ0) is 13.8. The van der Waals surface area contributed by atoms with E-state index in [4.69, 9.17) is 4.74 Å². The molecule has 102 valence electrons. The lowest BCUT2D eigenvalue weighted by Gasteiger charge is -2.18. The Morgan fingerprint density at radius 1 is 1.32 bits per heavy atom. The third kappa shape index (κ3) is 2.79. The van der Waals surface area contributed by atoms with Crippen LogP contribution in [0.2, 0.25) is 0 Å². The van der Waals surface area contributed by atoms with Gasteiger partial charge >= 0.3 is 0 Å². The van der Waals surface area contributed by atoms with Crippen LogP contribution in [0, 0.1) is 6.92 Å². The molecule has 19 heavy (non-hydrogen) atoms. The van der Waals surface area contributed by atoms with Gasteiger partial charge in [-0.15, -0.1) is 0 Å².